The zero-order valence-corrected chi connectivity index (χ0v) is 12.9. The molecule has 0 aromatic heterocycles. The molecule has 0 heterocycles. The summed E-state index contributed by atoms with van der Waals surface area (Å²) in [5, 5.41) is 18.2. The summed E-state index contributed by atoms with van der Waals surface area (Å²) in [5.74, 6) is -19.2. The van der Waals surface area contributed by atoms with Gasteiger partial charge in [-0.2, -0.15) is 0 Å². The van der Waals surface area contributed by atoms with Crippen LogP contribution in [0.1, 0.15) is 20.7 Å². The van der Waals surface area contributed by atoms with Gasteiger partial charge in [-0.3, -0.25) is 0 Å². The summed E-state index contributed by atoms with van der Waals surface area (Å²) in [7, 11) is 0. The van der Waals surface area contributed by atoms with Crippen LogP contribution in [-0.2, 0) is 0 Å². The Hall–Kier alpha value is -3.22. The number of benzene rings is 2. The quantitative estimate of drug-likeness (QED) is 0.591. The molecule has 0 spiro atoms. The van der Waals surface area contributed by atoms with Crippen molar-refractivity contribution in [3.05, 3.63) is 69.8 Å². The van der Waals surface area contributed by atoms with E-state index in [-0.39, 0.29) is 18.3 Å². The van der Waals surface area contributed by atoms with Gasteiger partial charge >= 0.3 is 5.97 Å². The number of carbonyl (C=O) groups excluding carboxylic acids is 1. The van der Waals surface area contributed by atoms with Crippen molar-refractivity contribution in [2.24, 2.45) is 0 Å². The van der Waals surface area contributed by atoms with E-state index in [1.807, 2.05) is 0 Å². The van der Waals surface area contributed by atoms with Gasteiger partial charge in [-0.15, -0.1) is 0 Å². The van der Waals surface area contributed by atoms with Crippen molar-refractivity contribution in [3.63, 3.8) is 0 Å². The molecule has 5 nitrogen and oxygen atoms in total. The number of carboxylic acids is 2. The average molecular weight is 405 g/mol. The Bertz CT molecular complexity index is 778. The molecule has 0 unspecified atom stereocenters. The molecule has 0 saturated carbocycles. The minimum Gasteiger partial charge on any atom is -0.545 e. The first-order valence-electron chi connectivity index (χ1n) is 6.00. The molecule has 0 saturated heterocycles. The third-order valence-electron chi connectivity index (χ3n) is 2.64. The zero-order valence-electron chi connectivity index (χ0n) is 12.9. The second-order valence-electron chi connectivity index (χ2n) is 4.28. The molecule has 2 aromatic carbocycles. The van der Waals surface area contributed by atoms with E-state index in [0.717, 1.165) is 0 Å². The Kier molecular flexibility index (Phi) is 7.87. The lowest BCUT2D eigenvalue weighted by molar-refractivity contribution is -0.255. The van der Waals surface area contributed by atoms with Crippen LogP contribution < -0.4 is 11.3 Å². The predicted molar refractivity (Wildman–Crippen MR) is 69.8 cm³/mol. The number of halogens is 8. The molecule has 2 rings (SSSR count). The van der Waals surface area contributed by atoms with Crippen LogP contribution in [0.15, 0.2) is 12.1 Å². The molecule has 0 fully saturated rings. The van der Waals surface area contributed by atoms with Gasteiger partial charge in [-0.1, -0.05) is 0 Å². The number of carboxylic acid groups (broad SMARTS) is 2. The van der Waals surface area contributed by atoms with Gasteiger partial charge in [0.25, 0.3) is 0 Å². The molecule has 2 aromatic rings. The highest BCUT2D eigenvalue weighted by molar-refractivity contribution is 5.88. The molecule has 0 aliphatic heterocycles. The van der Waals surface area contributed by atoms with E-state index >= 15 is 0 Å². The average Bonchev–Trinajstić information content (AvgIpc) is 2.51. The van der Waals surface area contributed by atoms with E-state index < -0.39 is 69.6 Å². The van der Waals surface area contributed by atoms with Gasteiger partial charge in [0.15, 0.2) is 46.5 Å². The largest absolute Gasteiger partial charge is 0.545 e. The third-order valence-corrected chi connectivity index (χ3v) is 2.64. The van der Waals surface area contributed by atoms with Crippen LogP contribution in [0.4, 0.5) is 35.1 Å². The number of hydrogen-bond donors (Lipinski definition) is 2. The van der Waals surface area contributed by atoms with Crippen LogP contribution in [0.3, 0.4) is 0 Å². The summed E-state index contributed by atoms with van der Waals surface area (Å²) in [6.45, 7) is 0. The van der Waals surface area contributed by atoms with E-state index in [2.05, 4.69) is 0 Å². The minimum absolute atomic E-state index is 0. The van der Waals surface area contributed by atoms with Crippen molar-refractivity contribution in [1.82, 2.24) is 6.15 Å². The first-order chi connectivity index (χ1) is 11.9. The van der Waals surface area contributed by atoms with Crippen LogP contribution in [0.25, 0.3) is 0 Å². The van der Waals surface area contributed by atoms with Crippen LogP contribution in [0, 0.1) is 46.5 Å². The van der Waals surface area contributed by atoms with E-state index in [9.17, 15) is 49.8 Å². The lowest BCUT2D eigenvalue weighted by Gasteiger charge is -2.06. The fraction of sp³-hybridized carbons (Fsp3) is 0. The molecule has 0 radical (unpaired) electrons. The van der Waals surface area contributed by atoms with E-state index in [1.165, 1.54) is 0 Å². The molecule has 0 bridgehead atoms. The maximum atomic E-state index is 12.5. The Morgan fingerprint density at radius 3 is 1.15 bits per heavy atom. The predicted octanol–water partition coefficient (Wildman–Crippen LogP) is 2.92. The lowest BCUT2D eigenvalue weighted by Crippen LogP contribution is -2.26. The summed E-state index contributed by atoms with van der Waals surface area (Å²) >= 11 is 0. The molecular weight excluding hydrogens is 398 g/mol. The highest BCUT2D eigenvalue weighted by Crippen LogP contribution is 2.19. The van der Waals surface area contributed by atoms with Gasteiger partial charge in [0.2, 0.25) is 0 Å². The zero-order chi connectivity index (χ0) is 20.3. The molecule has 13 heteroatoms. The molecule has 0 aliphatic rings. The SMILES string of the molecule is O=C(O)c1c(F)c(F)cc(F)c1F.O=C([O-])c1c(F)c(F)cc(F)c1F.[NH4+]. The van der Waals surface area contributed by atoms with Crippen LogP contribution in [0.5, 0.6) is 0 Å². The van der Waals surface area contributed by atoms with Crippen molar-refractivity contribution < 1.29 is 54.9 Å². The normalized spacial score (nSPS) is 9.78. The Balaban J connectivity index is 0.000000483. The van der Waals surface area contributed by atoms with Crippen LogP contribution in [-0.4, -0.2) is 17.0 Å². The van der Waals surface area contributed by atoms with Crippen molar-refractivity contribution >= 4 is 11.9 Å². The van der Waals surface area contributed by atoms with Gasteiger partial charge in [0.05, 0.1) is 11.5 Å². The molecule has 0 atom stereocenters. The van der Waals surface area contributed by atoms with Crippen LogP contribution in [0.2, 0.25) is 0 Å². The van der Waals surface area contributed by atoms with E-state index in [0.29, 0.717) is 0 Å². The van der Waals surface area contributed by atoms with E-state index in [4.69, 9.17) is 5.11 Å². The van der Waals surface area contributed by atoms with Gasteiger partial charge in [0.1, 0.15) is 5.56 Å². The summed E-state index contributed by atoms with van der Waals surface area (Å²) < 4.78 is 99.3. The van der Waals surface area contributed by atoms with E-state index in [1.54, 1.807) is 0 Å². The summed E-state index contributed by atoms with van der Waals surface area (Å²) in [6.07, 6.45) is 0. The van der Waals surface area contributed by atoms with Gasteiger partial charge in [0, 0.05) is 12.1 Å². The summed E-state index contributed by atoms with van der Waals surface area (Å²) in [4.78, 5) is 20.2. The minimum atomic E-state index is -2.31. The maximum Gasteiger partial charge on any atom is 0.341 e. The van der Waals surface area contributed by atoms with Crippen molar-refractivity contribution in [1.29, 1.82) is 0 Å². The van der Waals surface area contributed by atoms with Crippen molar-refractivity contribution in [3.8, 4) is 0 Å². The standard InChI is InChI=1S/2C7H2F4O2.H3N/c2*8-2-1-3(9)6(11)4(5(2)10)7(12)13;/h2*1H,(H,12,13);1H3. The molecule has 27 heavy (non-hydrogen) atoms. The number of rotatable bonds is 2. The summed E-state index contributed by atoms with van der Waals surface area (Å²) in [5.41, 5.74) is -3.37. The first-order valence-corrected chi connectivity index (χ1v) is 6.00. The highest BCUT2D eigenvalue weighted by atomic mass is 19.2. The van der Waals surface area contributed by atoms with Crippen molar-refractivity contribution in [2.45, 2.75) is 0 Å². The fourth-order valence-electron chi connectivity index (χ4n) is 1.51. The topological polar surface area (TPSA) is 114 Å². The Morgan fingerprint density at radius 1 is 0.667 bits per heavy atom. The second-order valence-corrected chi connectivity index (χ2v) is 4.28. The highest BCUT2D eigenvalue weighted by Gasteiger charge is 2.24. The monoisotopic (exact) mass is 405 g/mol. The van der Waals surface area contributed by atoms with Crippen molar-refractivity contribution in [2.75, 3.05) is 0 Å². The molecule has 0 aliphatic carbocycles. The molecular formula is C14H7F8NO4. The second kappa shape index (κ2) is 8.93. The van der Waals surface area contributed by atoms with Gasteiger partial charge in [-0.05, 0) is 0 Å². The molecule has 5 N–H and O–H groups in total. The number of carbonyl (C=O) groups is 2. The number of quaternary nitrogens is 1. The number of hydrogen-bond acceptors (Lipinski definition) is 3. The fourth-order valence-corrected chi connectivity index (χ4v) is 1.51. The Labute approximate surface area is 144 Å². The van der Waals surface area contributed by atoms with Gasteiger partial charge in [-0.25, -0.2) is 39.9 Å². The first kappa shape index (κ1) is 23.8. The maximum absolute atomic E-state index is 12.5. The smallest absolute Gasteiger partial charge is 0.341 e. The molecule has 148 valence electrons. The van der Waals surface area contributed by atoms with Gasteiger partial charge < -0.3 is 21.2 Å². The Morgan fingerprint density at radius 2 is 0.926 bits per heavy atom. The number of aromatic carboxylic acids is 2. The third kappa shape index (κ3) is 4.91. The lowest BCUT2D eigenvalue weighted by atomic mass is 10.2. The molecule has 0 amide bonds. The summed E-state index contributed by atoms with van der Waals surface area (Å²) in [6, 6.07) is -0.145. The van der Waals surface area contributed by atoms with Crippen LogP contribution >= 0.6 is 0 Å².